The van der Waals surface area contributed by atoms with Crippen molar-refractivity contribution in [3.05, 3.63) is 53.9 Å². The van der Waals surface area contributed by atoms with Crippen LogP contribution in [0.5, 0.6) is 0 Å². The van der Waals surface area contributed by atoms with E-state index in [4.69, 9.17) is 5.73 Å². The minimum absolute atomic E-state index is 0.0672. The minimum Gasteiger partial charge on any atom is -0.369 e. The average molecular weight is 363 g/mol. The van der Waals surface area contributed by atoms with Gasteiger partial charge in [0.2, 0.25) is 5.91 Å². The molecule has 1 saturated heterocycles. The number of piperidine rings is 1. The predicted octanol–water partition coefficient (Wildman–Crippen LogP) is 2.07. The molecule has 0 bridgehead atoms. The van der Waals surface area contributed by atoms with Gasteiger partial charge in [0.25, 0.3) is 5.91 Å². The quantitative estimate of drug-likeness (QED) is 0.771. The van der Waals surface area contributed by atoms with Gasteiger partial charge in [-0.2, -0.15) is 5.10 Å². The lowest BCUT2D eigenvalue weighted by Gasteiger charge is -2.30. The molecule has 0 spiro atoms. The summed E-state index contributed by atoms with van der Waals surface area (Å²) in [5.41, 5.74) is 7.56. The van der Waals surface area contributed by atoms with Gasteiger partial charge in [0.15, 0.2) is 5.82 Å². The normalized spacial score (nSPS) is 15.2. The van der Waals surface area contributed by atoms with Gasteiger partial charge in [0.1, 0.15) is 0 Å². The molecule has 1 aromatic carbocycles. The average Bonchev–Trinajstić information content (AvgIpc) is 3.08. The monoisotopic (exact) mass is 363 g/mol. The number of likely N-dealkylation sites (tertiary alicyclic amines) is 1. The van der Waals surface area contributed by atoms with E-state index in [2.05, 4.69) is 10.1 Å². The molecule has 7 heteroatoms. The highest BCUT2D eigenvalue weighted by atomic mass is 16.2. The van der Waals surface area contributed by atoms with Gasteiger partial charge in [-0.25, -0.2) is 9.67 Å². The van der Waals surface area contributed by atoms with Crippen molar-refractivity contribution in [1.82, 2.24) is 19.7 Å². The lowest BCUT2D eigenvalue weighted by atomic mass is 9.96. The first-order valence-electron chi connectivity index (χ1n) is 9.04. The second-order valence-corrected chi connectivity index (χ2v) is 6.89. The maximum Gasteiger partial charge on any atom is 0.257 e. The summed E-state index contributed by atoms with van der Waals surface area (Å²) in [4.78, 5) is 30.6. The SMILES string of the molecule is Cc1c(C(=O)N2CCC(C(N)=O)CC2)cnn1-c1ccc2ccccc2n1. The molecular formula is C20H21N5O2. The Labute approximate surface area is 156 Å². The van der Waals surface area contributed by atoms with Gasteiger partial charge in [0, 0.05) is 24.4 Å². The summed E-state index contributed by atoms with van der Waals surface area (Å²) in [7, 11) is 0. The Hall–Kier alpha value is -3.22. The van der Waals surface area contributed by atoms with Crippen molar-refractivity contribution in [2.45, 2.75) is 19.8 Å². The highest BCUT2D eigenvalue weighted by Crippen LogP contribution is 2.21. The van der Waals surface area contributed by atoms with E-state index >= 15 is 0 Å². The van der Waals surface area contributed by atoms with Crippen LogP contribution in [0.1, 0.15) is 28.9 Å². The van der Waals surface area contributed by atoms with Gasteiger partial charge in [-0.1, -0.05) is 18.2 Å². The molecule has 1 fully saturated rings. The zero-order chi connectivity index (χ0) is 19.0. The van der Waals surface area contributed by atoms with Crippen LogP contribution in [0.3, 0.4) is 0 Å². The molecule has 1 aliphatic heterocycles. The standard InChI is InChI=1S/C20H21N5O2/c1-13-16(20(27)24-10-8-15(9-11-24)19(21)26)12-22-25(13)18-7-6-14-4-2-3-5-17(14)23-18/h2-7,12,15H,8-11H2,1H3,(H2,21,26). The number of hydrogen-bond acceptors (Lipinski definition) is 4. The predicted molar refractivity (Wildman–Crippen MR) is 101 cm³/mol. The maximum atomic E-state index is 12.9. The van der Waals surface area contributed by atoms with Crippen molar-refractivity contribution < 1.29 is 9.59 Å². The van der Waals surface area contributed by atoms with Crippen molar-refractivity contribution in [2.24, 2.45) is 11.7 Å². The molecule has 0 radical (unpaired) electrons. The molecule has 0 saturated carbocycles. The third kappa shape index (κ3) is 3.16. The summed E-state index contributed by atoms with van der Waals surface area (Å²) in [5.74, 6) is 0.188. The summed E-state index contributed by atoms with van der Waals surface area (Å²) in [6.07, 6.45) is 2.82. The molecule has 27 heavy (non-hydrogen) atoms. The number of carbonyl (C=O) groups excluding carboxylic acids is 2. The Bertz CT molecular complexity index is 1020. The lowest BCUT2D eigenvalue weighted by Crippen LogP contribution is -2.41. The van der Waals surface area contributed by atoms with Crippen LogP contribution in [0.15, 0.2) is 42.6 Å². The van der Waals surface area contributed by atoms with Crippen molar-refractivity contribution in [1.29, 1.82) is 0 Å². The van der Waals surface area contributed by atoms with E-state index in [1.54, 1.807) is 15.8 Å². The zero-order valence-corrected chi connectivity index (χ0v) is 15.1. The minimum atomic E-state index is -0.284. The molecule has 3 aromatic rings. The first kappa shape index (κ1) is 17.2. The van der Waals surface area contributed by atoms with E-state index in [-0.39, 0.29) is 17.7 Å². The Balaban J connectivity index is 1.58. The number of para-hydroxylation sites is 1. The molecule has 2 aromatic heterocycles. The van der Waals surface area contributed by atoms with Gasteiger partial charge in [0.05, 0.1) is 23.0 Å². The van der Waals surface area contributed by atoms with E-state index in [0.29, 0.717) is 37.3 Å². The maximum absolute atomic E-state index is 12.9. The van der Waals surface area contributed by atoms with Gasteiger partial charge in [-0.15, -0.1) is 0 Å². The van der Waals surface area contributed by atoms with Crippen LogP contribution in [0.25, 0.3) is 16.7 Å². The number of nitrogens with two attached hydrogens (primary N) is 1. The molecule has 7 nitrogen and oxygen atoms in total. The van der Waals surface area contributed by atoms with Crippen LogP contribution in [0.4, 0.5) is 0 Å². The number of benzene rings is 1. The van der Waals surface area contributed by atoms with Gasteiger partial charge in [-0.3, -0.25) is 9.59 Å². The molecule has 0 aliphatic carbocycles. The number of rotatable bonds is 3. The highest BCUT2D eigenvalue weighted by Gasteiger charge is 2.28. The summed E-state index contributed by atoms with van der Waals surface area (Å²) in [6.45, 7) is 2.93. The van der Waals surface area contributed by atoms with Crippen LogP contribution >= 0.6 is 0 Å². The van der Waals surface area contributed by atoms with Crippen molar-refractivity contribution in [3.8, 4) is 5.82 Å². The number of pyridine rings is 1. The first-order valence-corrected chi connectivity index (χ1v) is 9.04. The molecule has 0 atom stereocenters. The number of primary amides is 1. The fourth-order valence-electron chi connectivity index (χ4n) is 3.56. The van der Waals surface area contributed by atoms with Crippen LogP contribution in [0.2, 0.25) is 0 Å². The van der Waals surface area contributed by atoms with Gasteiger partial charge < -0.3 is 10.6 Å². The Morgan fingerprint density at radius 3 is 2.59 bits per heavy atom. The number of nitrogens with zero attached hydrogens (tertiary/aromatic N) is 4. The fraction of sp³-hybridized carbons (Fsp3) is 0.300. The smallest absolute Gasteiger partial charge is 0.257 e. The third-order valence-electron chi connectivity index (χ3n) is 5.23. The van der Waals surface area contributed by atoms with E-state index in [1.807, 2.05) is 43.3 Å². The van der Waals surface area contributed by atoms with Crippen LogP contribution in [-0.2, 0) is 4.79 Å². The van der Waals surface area contributed by atoms with Crippen molar-refractivity contribution in [2.75, 3.05) is 13.1 Å². The van der Waals surface area contributed by atoms with Crippen LogP contribution < -0.4 is 5.73 Å². The Kier molecular flexibility index (Phi) is 4.35. The molecule has 2 amide bonds. The largest absolute Gasteiger partial charge is 0.369 e. The molecule has 0 unspecified atom stereocenters. The summed E-state index contributed by atoms with van der Waals surface area (Å²) in [6, 6.07) is 11.8. The summed E-state index contributed by atoms with van der Waals surface area (Å²) < 4.78 is 1.69. The topological polar surface area (TPSA) is 94.1 Å². The van der Waals surface area contributed by atoms with Gasteiger partial charge in [-0.05, 0) is 38.0 Å². The summed E-state index contributed by atoms with van der Waals surface area (Å²) in [5, 5.41) is 5.44. The number of aromatic nitrogens is 3. The van der Waals surface area contributed by atoms with Crippen LogP contribution in [0, 0.1) is 12.8 Å². The van der Waals surface area contributed by atoms with Gasteiger partial charge >= 0.3 is 0 Å². The van der Waals surface area contributed by atoms with E-state index in [0.717, 1.165) is 16.6 Å². The number of carbonyl (C=O) groups is 2. The summed E-state index contributed by atoms with van der Waals surface area (Å²) >= 11 is 0. The van der Waals surface area contributed by atoms with Crippen LogP contribution in [-0.4, -0.2) is 44.6 Å². The second kappa shape index (κ2) is 6.83. The molecule has 2 N–H and O–H groups in total. The lowest BCUT2D eigenvalue weighted by molar-refractivity contribution is -0.123. The third-order valence-corrected chi connectivity index (χ3v) is 5.23. The van der Waals surface area contributed by atoms with E-state index in [1.165, 1.54) is 0 Å². The highest BCUT2D eigenvalue weighted by molar-refractivity contribution is 5.95. The Morgan fingerprint density at radius 1 is 1.11 bits per heavy atom. The second-order valence-electron chi connectivity index (χ2n) is 6.89. The molecule has 3 heterocycles. The molecule has 138 valence electrons. The number of hydrogen-bond donors (Lipinski definition) is 1. The molecule has 4 rings (SSSR count). The number of amides is 2. The van der Waals surface area contributed by atoms with Crippen molar-refractivity contribution in [3.63, 3.8) is 0 Å². The zero-order valence-electron chi connectivity index (χ0n) is 15.1. The van der Waals surface area contributed by atoms with Crippen molar-refractivity contribution >= 4 is 22.7 Å². The first-order chi connectivity index (χ1) is 13.0. The Morgan fingerprint density at radius 2 is 1.85 bits per heavy atom. The number of fused-ring (bicyclic) bond motifs is 1. The molecular weight excluding hydrogens is 342 g/mol. The van der Waals surface area contributed by atoms with E-state index < -0.39 is 0 Å². The fourth-order valence-corrected chi connectivity index (χ4v) is 3.56. The molecule has 1 aliphatic rings. The van der Waals surface area contributed by atoms with E-state index in [9.17, 15) is 9.59 Å².